The quantitative estimate of drug-likeness (QED) is 0.255. The summed E-state index contributed by atoms with van der Waals surface area (Å²) in [5.74, 6) is 1.25. The van der Waals surface area contributed by atoms with Gasteiger partial charge in [-0.05, 0) is 0 Å². The molecule has 6 N–H and O–H groups in total. The van der Waals surface area contributed by atoms with E-state index in [1.165, 1.54) is 11.3 Å². The summed E-state index contributed by atoms with van der Waals surface area (Å²) in [4.78, 5) is 12.1. The summed E-state index contributed by atoms with van der Waals surface area (Å²) in [6, 6.07) is 0. The van der Waals surface area contributed by atoms with Gasteiger partial charge in [0, 0.05) is 30.0 Å². The van der Waals surface area contributed by atoms with Crippen molar-refractivity contribution in [3.05, 3.63) is 11.1 Å². The van der Waals surface area contributed by atoms with Crippen molar-refractivity contribution in [2.24, 2.45) is 21.5 Å². The second kappa shape index (κ2) is 9.04. The van der Waals surface area contributed by atoms with Gasteiger partial charge in [-0.3, -0.25) is 10.3 Å². The van der Waals surface area contributed by atoms with Crippen molar-refractivity contribution in [2.45, 2.75) is 17.9 Å². The molecule has 0 fully saturated rings. The predicted octanol–water partition coefficient (Wildman–Crippen LogP) is 0.316. The molecule has 8 nitrogen and oxygen atoms in total. The normalized spacial score (nSPS) is 12.3. The summed E-state index contributed by atoms with van der Waals surface area (Å²) in [5.41, 5.74) is 11.5. The van der Waals surface area contributed by atoms with Crippen LogP contribution in [0.2, 0.25) is 0 Å². The van der Waals surface area contributed by atoms with Crippen LogP contribution in [0.5, 0.6) is 0 Å². The van der Waals surface area contributed by atoms with Gasteiger partial charge in [0.05, 0.1) is 5.69 Å². The molecule has 1 heterocycles. The maximum atomic E-state index is 8.53. The molecule has 10 heteroatoms. The molecule has 0 aliphatic heterocycles. The minimum Gasteiger partial charge on any atom is -0.370 e. The van der Waals surface area contributed by atoms with Crippen molar-refractivity contribution < 1.29 is 0 Å². The van der Waals surface area contributed by atoms with Crippen molar-refractivity contribution in [3.8, 4) is 6.19 Å². The third-order valence-corrected chi connectivity index (χ3v) is 4.22. The molecule has 1 aromatic rings. The monoisotopic (exact) mass is 326 g/mol. The van der Waals surface area contributed by atoms with Crippen LogP contribution in [-0.2, 0) is 5.75 Å². The number of nitrogens with one attached hydrogen (secondary N) is 2. The number of nitrogens with zero attached hydrogens (tertiary/aromatic N) is 4. The smallest absolute Gasteiger partial charge is 0.212 e. The van der Waals surface area contributed by atoms with Crippen LogP contribution in [0.4, 0.5) is 5.13 Å². The SMILES string of the molecule is CN=C(NC#N)NCC(C)SCc1csc(N=C(N)N)n1. The van der Waals surface area contributed by atoms with E-state index in [1.807, 2.05) is 11.6 Å². The third-order valence-electron chi connectivity index (χ3n) is 2.23. The second-order valence-electron chi connectivity index (χ2n) is 3.97. The first-order valence-electron chi connectivity index (χ1n) is 6.06. The van der Waals surface area contributed by atoms with Crippen LogP contribution in [0, 0.1) is 11.5 Å². The van der Waals surface area contributed by atoms with Gasteiger partial charge >= 0.3 is 0 Å². The Morgan fingerprint density at radius 1 is 1.62 bits per heavy atom. The van der Waals surface area contributed by atoms with Gasteiger partial charge in [-0.1, -0.05) is 6.92 Å². The van der Waals surface area contributed by atoms with Gasteiger partial charge in [0.1, 0.15) is 0 Å². The molecule has 0 amide bonds. The summed E-state index contributed by atoms with van der Waals surface area (Å²) in [7, 11) is 1.62. The number of hydrogen-bond donors (Lipinski definition) is 4. The summed E-state index contributed by atoms with van der Waals surface area (Å²) in [5, 5.41) is 16.9. The van der Waals surface area contributed by atoms with Gasteiger partial charge in [0.15, 0.2) is 12.2 Å². The Labute approximate surface area is 131 Å². The molecule has 0 aliphatic rings. The van der Waals surface area contributed by atoms with E-state index < -0.39 is 0 Å². The molecule has 1 rings (SSSR count). The topological polar surface area (TPSA) is 138 Å². The zero-order chi connectivity index (χ0) is 15.7. The van der Waals surface area contributed by atoms with E-state index in [-0.39, 0.29) is 5.96 Å². The lowest BCUT2D eigenvalue weighted by atomic mass is 10.5. The van der Waals surface area contributed by atoms with E-state index in [0.29, 0.717) is 22.9 Å². The molecular weight excluding hydrogens is 308 g/mol. The highest BCUT2D eigenvalue weighted by molar-refractivity contribution is 7.99. The van der Waals surface area contributed by atoms with E-state index in [2.05, 4.69) is 32.5 Å². The zero-order valence-electron chi connectivity index (χ0n) is 11.8. The lowest BCUT2D eigenvalue weighted by Crippen LogP contribution is -2.37. The zero-order valence-corrected chi connectivity index (χ0v) is 13.5. The number of thioether (sulfide) groups is 1. The minimum absolute atomic E-state index is 0.0116. The van der Waals surface area contributed by atoms with Gasteiger partial charge in [-0.2, -0.15) is 22.0 Å². The molecule has 1 unspecified atom stereocenters. The number of guanidine groups is 2. The predicted molar refractivity (Wildman–Crippen MR) is 88.5 cm³/mol. The van der Waals surface area contributed by atoms with E-state index in [0.717, 1.165) is 11.4 Å². The lowest BCUT2D eigenvalue weighted by Gasteiger charge is -2.12. The maximum absolute atomic E-state index is 8.53. The summed E-state index contributed by atoms with van der Waals surface area (Å²) in [6.07, 6.45) is 1.83. The first-order chi connectivity index (χ1) is 10.0. The van der Waals surface area contributed by atoms with Crippen LogP contribution < -0.4 is 22.1 Å². The van der Waals surface area contributed by atoms with Gasteiger partial charge in [-0.25, -0.2) is 4.98 Å². The van der Waals surface area contributed by atoms with Crippen molar-refractivity contribution in [1.82, 2.24) is 15.6 Å². The molecule has 114 valence electrons. The molecule has 1 aromatic heterocycles. The fourth-order valence-corrected chi connectivity index (χ4v) is 2.90. The van der Waals surface area contributed by atoms with Crippen LogP contribution in [0.15, 0.2) is 15.4 Å². The summed E-state index contributed by atoms with van der Waals surface area (Å²) >= 11 is 3.14. The molecule has 0 radical (unpaired) electrons. The fraction of sp³-hybridized carbons (Fsp3) is 0.455. The molecule has 0 aromatic carbocycles. The molecule has 21 heavy (non-hydrogen) atoms. The number of aliphatic imine (C=N–C) groups is 2. The van der Waals surface area contributed by atoms with Crippen LogP contribution in [0.1, 0.15) is 12.6 Å². The average Bonchev–Trinajstić information content (AvgIpc) is 2.87. The van der Waals surface area contributed by atoms with E-state index in [1.54, 1.807) is 18.8 Å². The van der Waals surface area contributed by atoms with Gasteiger partial charge in [0.25, 0.3) is 0 Å². The lowest BCUT2D eigenvalue weighted by molar-refractivity contribution is 0.834. The van der Waals surface area contributed by atoms with Crippen molar-refractivity contribution in [1.29, 1.82) is 5.26 Å². The Hall–Kier alpha value is -1.99. The Kier molecular flexibility index (Phi) is 7.34. The number of nitrogens with two attached hydrogens (primary N) is 2. The third kappa shape index (κ3) is 6.82. The number of aromatic nitrogens is 1. The van der Waals surface area contributed by atoms with Gasteiger partial charge in [-0.15, -0.1) is 11.3 Å². The van der Waals surface area contributed by atoms with Crippen molar-refractivity contribution >= 4 is 40.1 Å². The highest BCUT2D eigenvalue weighted by Gasteiger charge is 2.07. The number of thiazole rings is 1. The number of nitriles is 1. The largest absolute Gasteiger partial charge is 0.370 e. The molecular formula is C11H18N8S2. The summed E-state index contributed by atoms with van der Waals surface area (Å²) < 4.78 is 0. The first kappa shape index (κ1) is 17.1. The Morgan fingerprint density at radius 3 is 3.00 bits per heavy atom. The Bertz CT molecular complexity index is 541. The van der Waals surface area contributed by atoms with Crippen LogP contribution in [0.3, 0.4) is 0 Å². The first-order valence-corrected chi connectivity index (χ1v) is 7.99. The van der Waals surface area contributed by atoms with Crippen molar-refractivity contribution in [3.63, 3.8) is 0 Å². The van der Waals surface area contributed by atoms with Crippen LogP contribution in [-0.4, -0.2) is 35.7 Å². The standard InChI is InChI=1S/C11H18N8S2/c1-7(3-16-10(15-2)17-6-12)20-4-8-5-21-11(18-8)19-9(13)14/h5,7H,3-4H2,1-2H3,(H2,15,16,17)(H4,13,14,18,19). The molecule has 0 aliphatic carbocycles. The van der Waals surface area contributed by atoms with E-state index in [4.69, 9.17) is 16.7 Å². The molecule has 0 spiro atoms. The minimum atomic E-state index is 0.0116. The highest BCUT2D eigenvalue weighted by atomic mass is 32.2. The van der Waals surface area contributed by atoms with E-state index >= 15 is 0 Å². The Balaban J connectivity index is 2.36. The highest BCUT2D eigenvalue weighted by Crippen LogP contribution is 2.23. The number of hydrogen-bond acceptors (Lipinski definition) is 6. The van der Waals surface area contributed by atoms with Gasteiger partial charge < -0.3 is 16.8 Å². The van der Waals surface area contributed by atoms with E-state index in [9.17, 15) is 0 Å². The maximum Gasteiger partial charge on any atom is 0.212 e. The van der Waals surface area contributed by atoms with Gasteiger partial charge in [0.2, 0.25) is 11.1 Å². The Morgan fingerprint density at radius 2 is 2.38 bits per heavy atom. The molecule has 0 bridgehead atoms. The number of rotatable bonds is 6. The van der Waals surface area contributed by atoms with Crippen molar-refractivity contribution in [2.75, 3.05) is 13.6 Å². The average molecular weight is 326 g/mol. The van der Waals surface area contributed by atoms with Crippen LogP contribution in [0.25, 0.3) is 0 Å². The fourth-order valence-electron chi connectivity index (χ4n) is 1.28. The second-order valence-corrected chi connectivity index (χ2v) is 6.23. The molecule has 0 saturated carbocycles. The molecule has 1 atom stereocenters. The molecule has 0 saturated heterocycles. The summed E-state index contributed by atoms with van der Waals surface area (Å²) in [6.45, 7) is 2.78. The van der Waals surface area contributed by atoms with Crippen LogP contribution >= 0.6 is 23.1 Å².